The Morgan fingerprint density at radius 3 is 1.29 bits per heavy atom. The number of aliphatic hydroxyl groups is 2. The largest absolute Gasteiger partial charge is 0.472 e. The second-order valence-corrected chi connectivity index (χ2v) is 14.8. The van der Waals surface area contributed by atoms with Gasteiger partial charge in [0.15, 0.2) is 6.10 Å². The lowest BCUT2D eigenvalue weighted by molar-refractivity contribution is -0.161. The van der Waals surface area contributed by atoms with E-state index in [2.05, 4.69) is 18.4 Å². The van der Waals surface area contributed by atoms with Gasteiger partial charge in [-0.1, -0.05) is 162 Å². The van der Waals surface area contributed by atoms with Gasteiger partial charge in [-0.3, -0.25) is 18.6 Å². The van der Waals surface area contributed by atoms with Crippen LogP contribution in [0.2, 0.25) is 0 Å². The summed E-state index contributed by atoms with van der Waals surface area (Å²) >= 11 is 0. The van der Waals surface area contributed by atoms with E-state index in [1.807, 2.05) is 0 Å². The van der Waals surface area contributed by atoms with E-state index >= 15 is 0 Å². The van der Waals surface area contributed by atoms with Crippen molar-refractivity contribution in [2.75, 3.05) is 26.4 Å². The SMILES string of the molecule is CCCCCCCCCCCCCCCCCCCCCC(=O)OC(COC(=O)CCCCCCCC)COP(=O)(O)OCC(O)CO. The number of esters is 2. The Kier molecular flexibility index (Phi) is 33.7. The fourth-order valence-electron chi connectivity index (χ4n) is 5.46. The predicted octanol–water partition coefficient (Wildman–Crippen LogP) is 9.50. The lowest BCUT2D eigenvalue weighted by Gasteiger charge is -2.20. The number of phosphoric ester groups is 1. The van der Waals surface area contributed by atoms with Crippen molar-refractivity contribution >= 4 is 19.8 Å². The Morgan fingerprint density at radius 1 is 0.542 bits per heavy atom. The molecular formula is C37H73O10P. The summed E-state index contributed by atoms with van der Waals surface area (Å²) in [6, 6.07) is 0. The zero-order valence-corrected chi connectivity index (χ0v) is 31.6. The normalized spacial score (nSPS) is 14.0. The van der Waals surface area contributed by atoms with E-state index in [1.54, 1.807) is 0 Å². The summed E-state index contributed by atoms with van der Waals surface area (Å²) in [4.78, 5) is 34.6. The van der Waals surface area contributed by atoms with Crippen molar-refractivity contribution in [3.63, 3.8) is 0 Å². The molecule has 3 unspecified atom stereocenters. The van der Waals surface area contributed by atoms with Crippen LogP contribution in [0.4, 0.5) is 0 Å². The van der Waals surface area contributed by atoms with Crippen molar-refractivity contribution in [2.24, 2.45) is 0 Å². The average molecular weight is 709 g/mol. The van der Waals surface area contributed by atoms with Gasteiger partial charge in [0.1, 0.15) is 12.7 Å². The van der Waals surface area contributed by atoms with E-state index in [0.29, 0.717) is 12.8 Å². The molecule has 3 atom stereocenters. The Morgan fingerprint density at radius 2 is 0.896 bits per heavy atom. The maximum Gasteiger partial charge on any atom is 0.472 e. The molecule has 0 rings (SSSR count). The molecule has 0 heterocycles. The molecule has 0 bridgehead atoms. The molecule has 0 radical (unpaired) electrons. The number of hydrogen-bond acceptors (Lipinski definition) is 9. The third-order valence-electron chi connectivity index (χ3n) is 8.51. The third kappa shape index (κ3) is 33.5. The van der Waals surface area contributed by atoms with E-state index < -0.39 is 51.8 Å². The molecule has 0 saturated carbocycles. The third-order valence-corrected chi connectivity index (χ3v) is 9.46. The van der Waals surface area contributed by atoms with Crippen molar-refractivity contribution in [3.8, 4) is 0 Å². The Labute approximate surface area is 293 Å². The molecule has 0 aromatic rings. The van der Waals surface area contributed by atoms with Gasteiger partial charge in [-0.25, -0.2) is 4.57 Å². The number of aliphatic hydroxyl groups excluding tert-OH is 2. The highest BCUT2D eigenvalue weighted by Gasteiger charge is 2.27. The highest BCUT2D eigenvalue weighted by atomic mass is 31.2. The Hall–Kier alpha value is -1.03. The second-order valence-electron chi connectivity index (χ2n) is 13.3. The standard InChI is InChI=1S/C37H73O10P/c1-3-5-7-9-11-12-13-14-15-16-17-18-19-20-21-22-23-25-27-29-37(41)47-35(33-46-48(42,43)45-31-34(39)30-38)32-44-36(40)28-26-24-10-8-6-4-2/h34-35,38-39H,3-33H2,1-2H3,(H,42,43). The first-order valence-electron chi connectivity index (χ1n) is 19.5. The first-order chi connectivity index (χ1) is 23.2. The number of carbonyl (C=O) groups excluding carboxylic acids is 2. The fourth-order valence-corrected chi connectivity index (χ4v) is 6.25. The minimum Gasteiger partial charge on any atom is -0.462 e. The lowest BCUT2D eigenvalue weighted by Crippen LogP contribution is -2.29. The van der Waals surface area contributed by atoms with E-state index in [9.17, 15) is 24.2 Å². The topological polar surface area (TPSA) is 149 Å². The van der Waals surface area contributed by atoms with Crippen LogP contribution in [0.15, 0.2) is 0 Å². The summed E-state index contributed by atoms with van der Waals surface area (Å²) in [7, 11) is -4.60. The van der Waals surface area contributed by atoms with Crippen molar-refractivity contribution in [2.45, 2.75) is 199 Å². The lowest BCUT2D eigenvalue weighted by atomic mass is 10.0. The van der Waals surface area contributed by atoms with Crippen LogP contribution in [0.5, 0.6) is 0 Å². The van der Waals surface area contributed by atoms with Crippen LogP contribution in [-0.4, -0.2) is 65.7 Å². The number of ether oxygens (including phenoxy) is 2. The molecule has 0 aliphatic rings. The zero-order chi connectivity index (χ0) is 35.6. The van der Waals surface area contributed by atoms with Gasteiger partial charge in [-0.15, -0.1) is 0 Å². The van der Waals surface area contributed by atoms with Crippen molar-refractivity contribution in [1.29, 1.82) is 0 Å². The smallest absolute Gasteiger partial charge is 0.462 e. The van der Waals surface area contributed by atoms with Gasteiger partial charge in [0.2, 0.25) is 0 Å². The number of carbonyl (C=O) groups is 2. The van der Waals surface area contributed by atoms with Crippen LogP contribution in [0.1, 0.15) is 187 Å². The van der Waals surface area contributed by atoms with Crippen LogP contribution in [0.3, 0.4) is 0 Å². The molecule has 0 spiro atoms. The van der Waals surface area contributed by atoms with Gasteiger partial charge in [0, 0.05) is 12.8 Å². The maximum atomic E-state index is 12.5. The van der Waals surface area contributed by atoms with Gasteiger partial charge >= 0.3 is 19.8 Å². The zero-order valence-electron chi connectivity index (χ0n) is 30.7. The molecule has 286 valence electrons. The quantitative estimate of drug-likeness (QED) is 0.0324. The molecular weight excluding hydrogens is 635 g/mol. The van der Waals surface area contributed by atoms with Crippen molar-refractivity contribution in [1.82, 2.24) is 0 Å². The maximum absolute atomic E-state index is 12.5. The highest BCUT2D eigenvalue weighted by Crippen LogP contribution is 2.43. The van der Waals surface area contributed by atoms with Crippen molar-refractivity contribution < 1.29 is 47.8 Å². The predicted molar refractivity (Wildman–Crippen MR) is 192 cm³/mol. The summed E-state index contributed by atoms with van der Waals surface area (Å²) < 4.78 is 32.4. The minimum atomic E-state index is -4.60. The van der Waals surface area contributed by atoms with Crippen LogP contribution >= 0.6 is 7.82 Å². The molecule has 0 aromatic heterocycles. The van der Waals surface area contributed by atoms with Gasteiger partial charge in [0.05, 0.1) is 19.8 Å². The van der Waals surface area contributed by atoms with E-state index in [4.69, 9.17) is 19.1 Å². The molecule has 0 aliphatic carbocycles. The number of phosphoric acid groups is 1. The summed E-state index contributed by atoms with van der Waals surface area (Å²) in [6.07, 6.45) is 28.3. The summed E-state index contributed by atoms with van der Waals surface area (Å²) in [5.74, 6) is -0.924. The molecule has 0 fully saturated rings. The summed E-state index contributed by atoms with van der Waals surface area (Å²) in [6.45, 7) is 2.32. The molecule has 48 heavy (non-hydrogen) atoms. The Balaban J connectivity index is 4.14. The first-order valence-corrected chi connectivity index (χ1v) is 21.0. The second kappa shape index (κ2) is 34.4. The molecule has 0 aromatic carbocycles. The number of hydrogen-bond donors (Lipinski definition) is 3. The molecule has 3 N–H and O–H groups in total. The Bertz CT molecular complexity index is 781. The molecule has 0 amide bonds. The molecule has 10 nitrogen and oxygen atoms in total. The van der Waals surface area contributed by atoms with Gasteiger partial charge < -0.3 is 24.6 Å². The van der Waals surface area contributed by atoms with Gasteiger partial charge in [-0.05, 0) is 12.8 Å². The van der Waals surface area contributed by atoms with Crippen LogP contribution in [0.25, 0.3) is 0 Å². The number of unbranched alkanes of at least 4 members (excludes halogenated alkanes) is 23. The van der Waals surface area contributed by atoms with E-state index in [1.165, 1.54) is 103 Å². The van der Waals surface area contributed by atoms with Gasteiger partial charge in [-0.2, -0.15) is 0 Å². The average Bonchev–Trinajstić information content (AvgIpc) is 3.07. The highest BCUT2D eigenvalue weighted by molar-refractivity contribution is 7.47. The monoisotopic (exact) mass is 708 g/mol. The van der Waals surface area contributed by atoms with Crippen LogP contribution < -0.4 is 0 Å². The van der Waals surface area contributed by atoms with Crippen LogP contribution in [-0.2, 0) is 32.7 Å². The number of rotatable bonds is 37. The molecule has 0 aliphatic heterocycles. The summed E-state index contributed by atoms with van der Waals surface area (Å²) in [5, 5.41) is 18.2. The molecule has 0 saturated heterocycles. The van der Waals surface area contributed by atoms with E-state index in [0.717, 1.165) is 44.9 Å². The minimum absolute atomic E-state index is 0.192. The van der Waals surface area contributed by atoms with Gasteiger partial charge in [0.25, 0.3) is 0 Å². The summed E-state index contributed by atoms with van der Waals surface area (Å²) in [5.41, 5.74) is 0. The molecule has 11 heteroatoms. The first kappa shape index (κ1) is 47.0. The van der Waals surface area contributed by atoms with Crippen LogP contribution in [0, 0.1) is 0 Å². The van der Waals surface area contributed by atoms with E-state index in [-0.39, 0.29) is 19.4 Å². The van der Waals surface area contributed by atoms with Crippen molar-refractivity contribution in [3.05, 3.63) is 0 Å². The fraction of sp³-hybridized carbons (Fsp3) is 0.946.